The summed E-state index contributed by atoms with van der Waals surface area (Å²) in [6.07, 6.45) is -4.00. The monoisotopic (exact) mass is 277 g/mol. The van der Waals surface area contributed by atoms with E-state index in [1.54, 1.807) is 6.92 Å². The van der Waals surface area contributed by atoms with E-state index in [1.165, 1.54) is 12.3 Å². The van der Waals surface area contributed by atoms with Gasteiger partial charge in [-0.25, -0.2) is 9.78 Å². The molecule has 106 valence electrons. The van der Waals surface area contributed by atoms with Gasteiger partial charge in [-0.15, -0.1) is 0 Å². The second-order valence-corrected chi connectivity index (χ2v) is 3.63. The molecule has 0 saturated carbocycles. The number of rotatable bonds is 5. The van der Waals surface area contributed by atoms with E-state index in [1.807, 2.05) is 0 Å². The van der Waals surface area contributed by atoms with Gasteiger partial charge in [0.25, 0.3) is 0 Å². The van der Waals surface area contributed by atoms with Gasteiger partial charge in [-0.2, -0.15) is 13.2 Å². The van der Waals surface area contributed by atoms with Crippen molar-refractivity contribution in [2.24, 2.45) is 0 Å². The molecule has 0 fully saturated rings. The number of nitrogen functional groups attached to an aromatic ring is 1. The Balaban J connectivity index is 2.75. The van der Waals surface area contributed by atoms with Crippen LogP contribution in [-0.4, -0.2) is 30.3 Å². The van der Waals surface area contributed by atoms with E-state index in [0.29, 0.717) is 0 Å². The fraction of sp³-hybridized carbons (Fsp3) is 0.455. The van der Waals surface area contributed by atoms with Gasteiger partial charge in [-0.1, -0.05) is 0 Å². The number of ether oxygens (including phenoxy) is 1. The highest BCUT2D eigenvalue weighted by Gasteiger charge is 2.26. The number of aromatic nitrogens is 1. The molecule has 1 heterocycles. The summed E-state index contributed by atoms with van der Waals surface area (Å²) in [6, 6.07) is 1.35. The SMILES string of the molecule is CCOC(=O)c1ccnc(NCCC(F)(F)F)c1N. The zero-order chi connectivity index (χ0) is 14.5. The van der Waals surface area contributed by atoms with Crippen LogP contribution < -0.4 is 11.1 Å². The zero-order valence-corrected chi connectivity index (χ0v) is 10.3. The molecule has 0 saturated heterocycles. The minimum atomic E-state index is -4.26. The molecule has 19 heavy (non-hydrogen) atoms. The Hall–Kier alpha value is -1.99. The van der Waals surface area contributed by atoms with Gasteiger partial charge in [0.2, 0.25) is 0 Å². The van der Waals surface area contributed by atoms with Gasteiger partial charge in [0.1, 0.15) is 5.82 Å². The Morgan fingerprint density at radius 1 is 1.53 bits per heavy atom. The van der Waals surface area contributed by atoms with Gasteiger partial charge in [-0.05, 0) is 13.0 Å². The third kappa shape index (κ3) is 4.65. The van der Waals surface area contributed by atoms with Crippen LogP contribution in [0.4, 0.5) is 24.7 Å². The molecule has 0 amide bonds. The van der Waals surface area contributed by atoms with Crippen LogP contribution in [-0.2, 0) is 4.74 Å². The van der Waals surface area contributed by atoms with E-state index in [0.717, 1.165) is 0 Å². The van der Waals surface area contributed by atoms with Crippen LogP contribution in [0.2, 0.25) is 0 Å². The number of carbonyl (C=O) groups is 1. The average Bonchev–Trinajstić information content (AvgIpc) is 2.30. The van der Waals surface area contributed by atoms with Crippen molar-refractivity contribution >= 4 is 17.5 Å². The number of hydrogen-bond donors (Lipinski definition) is 2. The second kappa shape index (κ2) is 6.26. The summed E-state index contributed by atoms with van der Waals surface area (Å²) < 4.78 is 40.8. The number of nitrogens with one attached hydrogen (secondary N) is 1. The molecular formula is C11H14F3N3O2. The molecule has 5 nitrogen and oxygen atoms in total. The van der Waals surface area contributed by atoms with Crippen LogP contribution in [0.5, 0.6) is 0 Å². The van der Waals surface area contributed by atoms with Gasteiger partial charge in [0, 0.05) is 12.7 Å². The van der Waals surface area contributed by atoms with Crippen LogP contribution in [0, 0.1) is 0 Å². The average molecular weight is 277 g/mol. The predicted octanol–water partition coefficient (Wildman–Crippen LogP) is 2.20. The molecule has 3 N–H and O–H groups in total. The summed E-state index contributed by atoms with van der Waals surface area (Å²) >= 11 is 0. The first kappa shape index (κ1) is 15.1. The van der Waals surface area contributed by atoms with Gasteiger partial charge in [0.15, 0.2) is 0 Å². The first-order chi connectivity index (χ1) is 8.85. The first-order valence-electron chi connectivity index (χ1n) is 5.57. The maximum Gasteiger partial charge on any atom is 0.390 e. The van der Waals surface area contributed by atoms with Gasteiger partial charge in [0.05, 0.1) is 24.3 Å². The Morgan fingerprint density at radius 2 is 2.21 bits per heavy atom. The van der Waals surface area contributed by atoms with Crippen LogP contribution in [0.25, 0.3) is 0 Å². The number of nitrogens with two attached hydrogens (primary N) is 1. The molecule has 0 aliphatic heterocycles. The van der Waals surface area contributed by atoms with E-state index in [9.17, 15) is 18.0 Å². The fourth-order valence-corrected chi connectivity index (χ4v) is 1.32. The highest BCUT2D eigenvalue weighted by Crippen LogP contribution is 2.23. The molecule has 1 aromatic rings. The zero-order valence-electron chi connectivity index (χ0n) is 10.3. The smallest absolute Gasteiger partial charge is 0.390 e. The molecule has 0 aliphatic carbocycles. The van der Waals surface area contributed by atoms with E-state index < -0.39 is 18.6 Å². The number of anilines is 2. The first-order valence-corrected chi connectivity index (χ1v) is 5.57. The van der Waals surface area contributed by atoms with Crippen molar-refractivity contribution in [3.8, 4) is 0 Å². The normalized spacial score (nSPS) is 11.2. The van der Waals surface area contributed by atoms with Crippen LogP contribution in [0.15, 0.2) is 12.3 Å². The number of halogens is 3. The minimum absolute atomic E-state index is 0.0249. The summed E-state index contributed by atoms with van der Waals surface area (Å²) in [5.41, 5.74) is 5.71. The highest BCUT2D eigenvalue weighted by molar-refractivity contribution is 5.97. The molecule has 8 heteroatoms. The van der Waals surface area contributed by atoms with Crippen LogP contribution in [0.1, 0.15) is 23.7 Å². The lowest BCUT2D eigenvalue weighted by atomic mass is 10.2. The topological polar surface area (TPSA) is 77.2 Å². The van der Waals surface area contributed by atoms with Crippen molar-refractivity contribution in [1.29, 1.82) is 0 Å². The van der Waals surface area contributed by atoms with Crippen molar-refractivity contribution in [3.05, 3.63) is 17.8 Å². The third-order valence-corrected chi connectivity index (χ3v) is 2.19. The van der Waals surface area contributed by atoms with Crippen LogP contribution in [0.3, 0.4) is 0 Å². The molecule has 0 spiro atoms. The van der Waals surface area contributed by atoms with Gasteiger partial charge in [-0.3, -0.25) is 0 Å². The Labute approximate surface area is 108 Å². The maximum atomic E-state index is 12.0. The number of nitrogens with zero attached hydrogens (tertiary/aromatic N) is 1. The molecular weight excluding hydrogens is 263 g/mol. The predicted molar refractivity (Wildman–Crippen MR) is 63.8 cm³/mol. The minimum Gasteiger partial charge on any atom is -0.462 e. The summed E-state index contributed by atoms with van der Waals surface area (Å²) in [7, 11) is 0. The van der Waals surface area contributed by atoms with Crippen LogP contribution >= 0.6 is 0 Å². The number of esters is 1. The lowest BCUT2D eigenvalue weighted by Crippen LogP contribution is -2.17. The molecule has 0 bridgehead atoms. The molecule has 0 atom stereocenters. The quantitative estimate of drug-likeness (QED) is 0.807. The summed E-state index contributed by atoms with van der Waals surface area (Å²) in [5, 5.41) is 2.44. The summed E-state index contributed by atoms with van der Waals surface area (Å²) in [6.45, 7) is 1.45. The molecule has 1 rings (SSSR count). The number of pyridine rings is 1. The van der Waals surface area contributed by atoms with Crippen molar-refractivity contribution in [1.82, 2.24) is 4.98 Å². The molecule has 0 aromatic carbocycles. The van der Waals surface area contributed by atoms with E-state index in [4.69, 9.17) is 10.5 Å². The molecule has 1 aromatic heterocycles. The molecule has 0 radical (unpaired) electrons. The van der Waals surface area contributed by atoms with Gasteiger partial charge >= 0.3 is 12.1 Å². The highest BCUT2D eigenvalue weighted by atomic mass is 19.4. The standard InChI is InChI=1S/C11H14F3N3O2/c1-2-19-10(18)7-3-5-16-9(8(7)15)17-6-4-11(12,13)14/h3,5H,2,4,6,15H2,1H3,(H,16,17). The lowest BCUT2D eigenvalue weighted by Gasteiger charge is -2.12. The van der Waals surface area contributed by atoms with E-state index >= 15 is 0 Å². The van der Waals surface area contributed by atoms with Crippen molar-refractivity contribution in [2.75, 3.05) is 24.2 Å². The Kier molecular flexibility index (Phi) is 4.96. The Morgan fingerprint density at radius 3 is 2.79 bits per heavy atom. The van der Waals surface area contributed by atoms with Gasteiger partial charge < -0.3 is 15.8 Å². The van der Waals surface area contributed by atoms with Crippen molar-refractivity contribution in [2.45, 2.75) is 19.5 Å². The summed E-state index contributed by atoms with van der Waals surface area (Å²) in [4.78, 5) is 15.3. The molecule has 0 aliphatic rings. The maximum absolute atomic E-state index is 12.0. The molecule has 0 unspecified atom stereocenters. The summed E-state index contributed by atoms with van der Waals surface area (Å²) in [5.74, 6) is -0.601. The number of alkyl halides is 3. The second-order valence-electron chi connectivity index (χ2n) is 3.63. The number of hydrogen-bond acceptors (Lipinski definition) is 5. The largest absolute Gasteiger partial charge is 0.462 e. The lowest BCUT2D eigenvalue weighted by molar-refractivity contribution is -0.131. The van der Waals surface area contributed by atoms with E-state index in [-0.39, 0.29) is 30.2 Å². The Bertz CT molecular complexity index is 449. The number of carbonyl (C=O) groups excluding carboxylic acids is 1. The van der Waals surface area contributed by atoms with Crippen molar-refractivity contribution < 1.29 is 22.7 Å². The van der Waals surface area contributed by atoms with E-state index in [2.05, 4.69) is 10.3 Å². The van der Waals surface area contributed by atoms with Crippen molar-refractivity contribution in [3.63, 3.8) is 0 Å². The fourth-order valence-electron chi connectivity index (χ4n) is 1.32. The third-order valence-electron chi connectivity index (χ3n) is 2.19.